The first kappa shape index (κ1) is 19.9. The number of benzene rings is 2. The van der Waals surface area contributed by atoms with Crippen LogP contribution in [0.15, 0.2) is 76.1 Å². The highest BCUT2D eigenvalue weighted by Crippen LogP contribution is 2.25. The van der Waals surface area contributed by atoms with E-state index in [0.717, 1.165) is 17.4 Å². The van der Waals surface area contributed by atoms with Crippen LogP contribution in [0.5, 0.6) is 0 Å². The lowest BCUT2D eigenvalue weighted by atomic mass is 10.1. The fraction of sp³-hybridized carbons (Fsp3) is 0.120. The number of hydrogen-bond acceptors (Lipinski definition) is 3. The number of H-pyrrole nitrogens is 1. The van der Waals surface area contributed by atoms with Crippen molar-refractivity contribution in [3.05, 3.63) is 117 Å². The minimum absolute atomic E-state index is 0.0452. The molecule has 5 rings (SSSR count). The molecule has 0 spiro atoms. The van der Waals surface area contributed by atoms with Crippen LogP contribution in [0.3, 0.4) is 0 Å². The molecule has 5 nitrogen and oxygen atoms in total. The van der Waals surface area contributed by atoms with E-state index in [1.165, 1.54) is 16.7 Å². The highest BCUT2D eigenvalue weighted by atomic mass is 19.2. The summed E-state index contributed by atoms with van der Waals surface area (Å²) >= 11 is 0. The molecular weight excluding hydrogens is 412 g/mol. The molecule has 0 unspecified atom stereocenters. The van der Waals surface area contributed by atoms with Crippen LogP contribution in [0.4, 0.5) is 8.78 Å². The number of hydrogen-bond donors (Lipinski definition) is 1. The standard InChI is InChI=1S/C25H19F2N3O2/c1-15-10-11-18(32-15)13-21-25(31)30-14-22(16-6-3-2-4-7-16)28-20(24(30)29-21)12-17-8-5-9-19(26)23(17)27/h2-11,14,28H,12-13H2,1H3. The smallest absolute Gasteiger partial charge is 0.278 e. The first-order valence-electron chi connectivity index (χ1n) is 10.2. The molecule has 32 heavy (non-hydrogen) atoms. The van der Waals surface area contributed by atoms with Crippen molar-refractivity contribution in [3.63, 3.8) is 0 Å². The van der Waals surface area contributed by atoms with E-state index in [-0.39, 0.29) is 24.0 Å². The van der Waals surface area contributed by atoms with Gasteiger partial charge in [-0.1, -0.05) is 42.5 Å². The average Bonchev–Trinajstić information content (AvgIpc) is 3.35. The van der Waals surface area contributed by atoms with Crippen LogP contribution in [-0.2, 0) is 12.8 Å². The predicted molar refractivity (Wildman–Crippen MR) is 116 cm³/mol. The van der Waals surface area contributed by atoms with Gasteiger partial charge in [0.05, 0.1) is 17.8 Å². The topological polar surface area (TPSA) is 63.8 Å². The second kappa shape index (κ2) is 7.92. The normalized spacial score (nSPS) is 11.3. The number of halogens is 2. The van der Waals surface area contributed by atoms with Gasteiger partial charge in [-0.2, -0.15) is 0 Å². The third-order valence-electron chi connectivity index (χ3n) is 5.37. The van der Waals surface area contributed by atoms with Crippen LogP contribution in [0.2, 0.25) is 0 Å². The lowest BCUT2D eigenvalue weighted by Crippen LogP contribution is -2.18. The molecule has 160 valence electrons. The molecule has 1 aromatic heterocycles. The summed E-state index contributed by atoms with van der Waals surface area (Å²) in [5.41, 5.74) is 2.24. The van der Waals surface area contributed by atoms with Gasteiger partial charge in [-0.3, -0.25) is 9.36 Å². The van der Waals surface area contributed by atoms with Crippen LogP contribution in [0, 0.1) is 18.6 Å². The molecule has 0 amide bonds. The predicted octanol–water partition coefficient (Wildman–Crippen LogP) is 5.03. The van der Waals surface area contributed by atoms with Gasteiger partial charge in [0.15, 0.2) is 17.5 Å². The third-order valence-corrected chi connectivity index (χ3v) is 5.37. The van der Waals surface area contributed by atoms with Gasteiger partial charge in [-0.15, -0.1) is 0 Å². The minimum Gasteiger partial charge on any atom is -0.466 e. The quantitative estimate of drug-likeness (QED) is 0.425. The number of nitrogens with zero attached hydrogens (tertiary/aromatic N) is 2. The van der Waals surface area contributed by atoms with Crippen molar-refractivity contribution in [2.45, 2.75) is 19.8 Å². The van der Waals surface area contributed by atoms with Gasteiger partial charge in [0, 0.05) is 12.6 Å². The van der Waals surface area contributed by atoms with Crippen molar-refractivity contribution < 1.29 is 13.2 Å². The Balaban J connectivity index is 1.66. The van der Waals surface area contributed by atoms with Crippen LogP contribution in [0.1, 0.15) is 28.5 Å². The highest BCUT2D eigenvalue weighted by Gasteiger charge is 2.22. The van der Waals surface area contributed by atoms with Gasteiger partial charge in [0.25, 0.3) is 5.56 Å². The minimum atomic E-state index is -0.917. The Morgan fingerprint density at radius 1 is 1.00 bits per heavy atom. The van der Waals surface area contributed by atoms with Crippen LogP contribution >= 0.6 is 0 Å². The second-order valence-corrected chi connectivity index (χ2v) is 7.65. The zero-order valence-corrected chi connectivity index (χ0v) is 17.2. The number of rotatable bonds is 5. The lowest BCUT2D eigenvalue weighted by molar-refractivity contribution is 0.491. The number of aromatic amines is 1. The van der Waals surface area contributed by atoms with Crippen molar-refractivity contribution in [3.8, 4) is 17.1 Å². The van der Waals surface area contributed by atoms with E-state index in [1.54, 1.807) is 6.20 Å². The summed E-state index contributed by atoms with van der Waals surface area (Å²) in [4.78, 5) is 21.0. The summed E-state index contributed by atoms with van der Waals surface area (Å²) in [6, 6.07) is 17.2. The molecule has 2 aliphatic heterocycles. The van der Waals surface area contributed by atoms with E-state index in [9.17, 15) is 13.6 Å². The van der Waals surface area contributed by atoms with Gasteiger partial charge in [0.2, 0.25) is 0 Å². The Kier molecular flexibility index (Phi) is 4.93. The molecule has 0 radical (unpaired) electrons. The Morgan fingerprint density at radius 2 is 1.81 bits per heavy atom. The van der Waals surface area contributed by atoms with Crippen molar-refractivity contribution in [1.82, 2.24) is 14.5 Å². The van der Waals surface area contributed by atoms with Crippen molar-refractivity contribution in [2.75, 3.05) is 0 Å². The molecule has 0 aliphatic carbocycles. The van der Waals surface area contributed by atoms with E-state index in [2.05, 4.69) is 9.97 Å². The molecule has 2 aliphatic rings. The molecule has 7 heteroatoms. The zero-order chi connectivity index (χ0) is 22.2. The van der Waals surface area contributed by atoms with Gasteiger partial charge in [-0.25, -0.2) is 13.8 Å². The highest BCUT2D eigenvalue weighted by molar-refractivity contribution is 5.60. The molecule has 3 heterocycles. The second-order valence-electron chi connectivity index (χ2n) is 7.65. The summed E-state index contributed by atoms with van der Waals surface area (Å²) in [5, 5.41) is 0. The van der Waals surface area contributed by atoms with Crippen molar-refractivity contribution >= 4 is 0 Å². The molecule has 0 atom stereocenters. The van der Waals surface area contributed by atoms with E-state index in [1.807, 2.05) is 49.4 Å². The number of imidazole rings is 1. The number of furan rings is 1. The maximum atomic E-state index is 14.4. The van der Waals surface area contributed by atoms with Crippen LogP contribution in [0.25, 0.3) is 17.1 Å². The van der Waals surface area contributed by atoms with Crippen molar-refractivity contribution in [1.29, 1.82) is 0 Å². The molecule has 0 bridgehead atoms. The third kappa shape index (κ3) is 3.62. The summed E-state index contributed by atoms with van der Waals surface area (Å²) in [6.07, 6.45) is 1.97. The zero-order valence-electron chi connectivity index (χ0n) is 17.2. The number of nitrogens with one attached hydrogen (secondary N) is 1. The fourth-order valence-electron chi connectivity index (χ4n) is 3.80. The maximum Gasteiger partial charge on any atom is 0.278 e. The van der Waals surface area contributed by atoms with Gasteiger partial charge >= 0.3 is 0 Å². The van der Waals surface area contributed by atoms with Gasteiger partial charge in [0.1, 0.15) is 17.2 Å². The molecule has 0 saturated heterocycles. The number of fused-ring (bicyclic) bond motifs is 1. The molecule has 2 aromatic carbocycles. The average molecular weight is 431 g/mol. The van der Waals surface area contributed by atoms with E-state index in [4.69, 9.17) is 4.42 Å². The Labute approximate surface area is 182 Å². The SMILES string of the molecule is Cc1ccc(Cc2nc3c(Cc4cccc(F)c4F)[nH]c(-c4ccccc4)cn-3c2=O)o1. The van der Waals surface area contributed by atoms with E-state index >= 15 is 0 Å². The van der Waals surface area contributed by atoms with Gasteiger partial charge < -0.3 is 9.40 Å². The summed E-state index contributed by atoms with van der Waals surface area (Å²) in [7, 11) is 0. The van der Waals surface area contributed by atoms with Crippen LogP contribution in [-0.4, -0.2) is 14.5 Å². The van der Waals surface area contributed by atoms with Crippen LogP contribution < -0.4 is 5.56 Å². The maximum absolute atomic E-state index is 14.4. The first-order valence-corrected chi connectivity index (χ1v) is 10.2. The summed E-state index contributed by atoms with van der Waals surface area (Å²) in [6.45, 7) is 1.83. The first-order chi connectivity index (χ1) is 15.5. The molecule has 0 saturated carbocycles. The number of aryl methyl sites for hydroxylation is 1. The Bertz CT molecular complexity index is 1430. The fourth-order valence-corrected chi connectivity index (χ4v) is 3.80. The molecular formula is C25H19F2N3O2. The largest absolute Gasteiger partial charge is 0.466 e. The Morgan fingerprint density at radius 3 is 2.56 bits per heavy atom. The monoisotopic (exact) mass is 431 g/mol. The lowest BCUT2D eigenvalue weighted by Gasteiger charge is -2.13. The van der Waals surface area contributed by atoms with E-state index < -0.39 is 11.6 Å². The molecule has 0 fully saturated rings. The number of aromatic nitrogens is 3. The Hall–Kier alpha value is -4.00. The van der Waals surface area contributed by atoms with Crippen molar-refractivity contribution in [2.24, 2.45) is 0 Å². The molecule has 3 aromatic rings. The molecule has 1 N–H and O–H groups in total. The summed E-state index contributed by atoms with van der Waals surface area (Å²) in [5.74, 6) is -0.0772. The summed E-state index contributed by atoms with van der Waals surface area (Å²) < 4.78 is 35.2. The van der Waals surface area contributed by atoms with Gasteiger partial charge in [-0.05, 0) is 36.2 Å². The van der Waals surface area contributed by atoms with E-state index in [0.29, 0.717) is 28.7 Å².